The Morgan fingerprint density at radius 1 is 0.500 bits per heavy atom. The molecule has 0 amide bonds. The summed E-state index contributed by atoms with van der Waals surface area (Å²) in [5.41, 5.74) is 0. The molecule has 0 aromatic heterocycles. The molecule has 0 aromatic rings. The Hall–Kier alpha value is -0.160. The number of likely N-dealkylation sites (tertiary alicyclic amines) is 4. The van der Waals surface area contributed by atoms with Crippen molar-refractivity contribution in [3.63, 3.8) is 0 Å². The van der Waals surface area contributed by atoms with E-state index in [1.165, 1.54) is 129 Å². The summed E-state index contributed by atoms with van der Waals surface area (Å²) >= 11 is 0. The average molecular weight is 591 g/mol. The van der Waals surface area contributed by atoms with Gasteiger partial charge in [0, 0.05) is 24.2 Å². The largest absolute Gasteiger partial charge is 0.301 e. The molecule has 4 rings (SSSR count). The van der Waals surface area contributed by atoms with E-state index in [9.17, 15) is 0 Å². The molecular weight excluding hydrogens is 512 g/mol. The Labute approximate surface area is 265 Å². The van der Waals surface area contributed by atoms with E-state index in [-0.39, 0.29) is 0 Å². The van der Waals surface area contributed by atoms with E-state index in [0.29, 0.717) is 0 Å². The van der Waals surface area contributed by atoms with E-state index < -0.39 is 0 Å². The lowest BCUT2D eigenvalue weighted by Gasteiger charge is -2.43. The first kappa shape index (κ1) is 38.0. The lowest BCUT2D eigenvalue weighted by Crippen LogP contribution is -2.49. The van der Waals surface area contributed by atoms with Crippen molar-refractivity contribution in [2.24, 2.45) is 23.7 Å². The van der Waals surface area contributed by atoms with Crippen molar-refractivity contribution in [3.8, 4) is 0 Å². The van der Waals surface area contributed by atoms with Crippen molar-refractivity contribution >= 4 is 0 Å². The van der Waals surface area contributed by atoms with E-state index in [1.54, 1.807) is 0 Å². The third kappa shape index (κ3) is 13.1. The van der Waals surface area contributed by atoms with Crippen LogP contribution >= 0.6 is 0 Å². The van der Waals surface area contributed by atoms with Crippen LogP contribution in [0.5, 0.6) is 0 Å². The van der Waals surface area contributed by atoms with Crippen LogP contribution in [0.25, 0.3) is 0 Å². The van der Waals surface area contributed by atoms with Gasteiger partial charge in [-0.15, -0.1) is 0 Å². The van der Waals surface area contributed by atoms with Gasteiger partial charge in [-0.3, -0.25) is 0 Å². The van der Waals surface area contributed by atoms with Crippen LogP contribution in [0, 0.1) is 23.7 Å². The Balaban J connectivity index is 0.000000278. The van der Waals surface area contributed by atoms with Gasteiger partial charge in [-0.25, -0.2) is 0 Å². The van der Waals surface area contributed by atoms with Crippen LogP contribution in [0.3, 0.4) is 0 Å². The Bertz CT molecular complexity index is 633. The smallest absolute Gasteiger partial charge is 0.0120 e. The van der Waals surface area contributed by atoms with Crippen molar-refractivity contribution in [1.29, 1.82) is 0 Å². The van der Waals surface area contributed by atoms with Gasteiger partial charge >= 0.3 is 0 Å². The fourth-order valence-corrected chi connectivity index (χ4v) is 8.23. The minimum atomic E-state index is 0.734. The van der Waals surface area contributed by atoms with Crippen molar-refractivity contribution in [2.45, 2.75) is 170 Å². The first-order valence-electron chi connectivity index (χ1n) is 19.2. The minimum Gasteiger partial charge on any atom is -0.301 e. The second kappa shape index (κ2) is 20.8. The SMILES string of the molecule is CC.CC(C)CC1CCN(C2CCN(C(C)C)CC2)CC1.CCC(C)CC1CCN(C2CCN(C(C)CC)CC2)CC1. The van der Waals surface area contributed by atoms with Gasteiger partial charge in [0.1, 0.15) is 0 Å². The third-order valence-electron chi connectivity index (χ3n) is 11.5. The molecule has 4 heterocycles. The van der Waals surface area contributed by atoms with Gasteiger partial charge in [0.2, 0.25) is 0 Å². The van der Waals surface area contributed by atoms with Gasteiger partial charge in [-0.2, -0.15) is 0 Å². The molecule has 0 saturated carbocycles. The van der Waals surface area contributed by atoms with Crippen molar-refractivity contribution in [2.75, 3.05) is 52.4 Å². The highest BCUT2D eigenvalue weighted by molar-refractivity contribution is 4.86. The highest BCUT2D eigenvalue weighted by atomic mass is 15.2. The quantitative estimate of drug-likeness (QED) is 0.252. The van der Waals surface area contributed by atoms with Crippen LogP contribution in [0.15, 0.2) is 0 Å². The van der Waals surface area contributed by atoms with Crippen LogP contribution in [0.2, 0.25) is 0 Å². The van der Waals surface area contributed by atoms with Crippen molar-refractivity contribution < 1.29 is 0 Å². The van der Waals surface area contributed by atoms with Crippen LogP contribution in [-0.4, -0.2) is 96.1 Å². The van der Waals surface area contributed by atoms with Crippen molar-refractivity contribution in [3.05, 3.63) is 0 Å². The summed E-state index contributed by atoms with van der Waals surface area (Å²) in [6.45, 7) is 33.6. The summed E-state index contributed by atoms with van der Waals surface area (Å²) in [5.74, 6) is 3.83. The first-order valence-corrected chi connectivity index (χ1v) is 19.2. The summed E-state index contributed by atoms with van der Waals surface area (Å²) in [5, 5.41) is 0. The molecule has 4 nitrogen and oxygen atoms in total. The fraction of sp³-hybridized carbons (Fsp3) is 1.00. The van der Waals surface area contributed by atoms with Gasteiger partial charge in [-0.1, -0.05) is 54.9 Å². The molecule has 0 aliphatic carbocycles. The molecule has 4 heteroatoms. The molecule has 0 radical (unpaired) electrons. The second-order valence-corrected chi connectivity index (χ2v) is 15.2. The number of rotatable bonds is 10. The Morgan fingerprint density at radius 2 is 0.905 bits per heavy atom. The lowest BCUT2D eigenvalue weighted by molar-refractivity contribution is 0.0605. The maximum Gasteiger partial charge on any atom is 0.0120 e. The van der Waals surface area contributed by atoms with Gasteiger partial charge in [-0.05, 0) is 167 Å². The monoisotopic (exact) mass is 591 g/mol. The molecule has 2 unspecified atom stereocenters. The Morgan fingerprint density at radius 3 is 1.26 bits per heavy atom. The minimum absolute atomic E-state index is 0.734. The topological polar surface area (TPSA) is 13.0 Å². The van der Waals surface area contributed by atoms with Gasteiger partial charge in [0.05, 0.1) is 0 Å². The van der Waals surface area contributed by atoms with Crippen LogP contribution < -0.4 is 0 Å². The number of hydrogen-bond donors (Lipinski definition) is 0. The zero-order chi connectivity index (χ0) is 31.1. The maximum atomic E-state index is 2.82. The molecule has 0 spiro atoms. The van der Waals surface area contributed by atoms with E-state index in [2.05, 4.69) is 75.0 Å². The van der Waals surface area contributed by atoms with Gasteiger partial charge in [0.15, 0.2) is 0 Å². The molecular formula is C38H78N4. The normalized spacial score (nSPS) is 25.1. The Kier molecular flexibility index (Phi) is 18.8. The molecule has 4 aliphatic heterocycles. The van der Waals surface area contributed by atoms with E-state index in [4.69, 9.17) is 0 Å². The zero-order valence-corrected chi connectivity index (χ0v) is 30.5. The summed E-state index contributed by atoms with van der Waals surface area (Å²) < 4.78 is 0. The van der Waals surface area contributed by atoms with E-state index in [0.717, 1.165) is 47.8 Å². The maximum absolute atomic E-state index is 2.82. The molecule has 0 N–H and O–H groups in total. The highest BCUT2D eigenvalue weighted by Crippen LogP contribution is 2.30. The zero-order valence-electron chi connectivity index (χ0n) is 30.5. The summed E-state index contributed by atoms with van der Waals surface area (Å²) in [6, 6.07) is 3.29. The summed E-state index contributed by atoms with van der Waals surface area (Å²) in [4.78, 5) is 11.0. The fourth-order valence-electron chi connectivity index (χ4n) is 8.23. The van der Waals surface area contributed by atoms with Crippen LogP contribution in [0.4, 0.5) is 0 Å². The van der Waals surface area contributed by atoms with E-state index >= 15 is 0 Å². The summed E-state index contributed by atoms with van der Waals surface area (Å²) in [7, 11) is 0. The van der Waals surface area contributed by atoms with Gasteiger partial charge in [0.25, 0.3) is 0 Å². The van der Waals surface area contributed by atoms with Crippen molar-refractivity contribution in [1.82, 2.24) is 19.6 Å². The van der Waals surface area contributed by atoms with Crippen LogP contribution in [-0.2, 0) is 0 Å². The summed E-state index contributed by atoms with van der Waals surface area (Å²) in [6.07, 6.45) is 17.0. The molecule has 250 valence electrons. The second-order valence-electron chi connectivity index (χ2n) is 15.2. The number of piperidine rings is 4. The molecule has 0 aromatic carbocycles. The standard InChI is InChI=1S/C19H38N2.C17H34N2.C2H6/c1-5-16(3)15-18-7-11-21(12-8-18)19-9-13-20(14-10-19)17(4)6-2;1-14(2)13-16-5-9-19(10-6-16)17-7-11-18(12-8-17)15(3)4;1-2/h16-19H,5-15H2,1-4H3;14-17H,5-13H2,1-4H3;1-2H3. The lowest BCUT2D eigenvalue weighted by atomic mass is 9.86. The average Bonchev–Trinajstić information content (AvgIpc) is 3.02. The highest BCUT2D eigenvalue weighted by Gasteiger charge is 2.30. The molecule has 4 saturated heterocycles. The molecule has 4 fully saturated rings. The number of nitrogens with zero attached hydrogens (tertiary/aromatic N) is 4. The van der Waals surface area contributed by atoms with E-state index in [1.807, 2.05) is 13.8 Å². The van der Waals surface area contributed by atoms with Crippen LogP contribution in [0.1, 0.15) is 146 Å². The number of hydrogen-bond acceptors (Lipinski definition) is 4. The predicted octanol–water partition coefficient (Wildman–Crippen LogP) is 9.04. The molecule has 4 aliphatic rings. The molecule has 0 bridgehead atoms. The first-order chi connectivity index (χ1) is 20.2. The molecule has 2 atom stereocenters. The third-order valence-corrected chi connectivity index (χ3v) is 11.5. The van der Waals surface area contributed by atoms with Gasteiger partial charge < -0.3 is 19.6 Å². The predicted molar refractivity (Wildman–Crippen MR) is 188 cm³/mol. The molecule has 42 heavy (non-hydrogen) atoms.